The van der Waals surface area contributed by atoms with Crippen LogP contribution in [0.15, 0.2) is 97.1 Å². The fourth-order valence-electron chi connectivity index (χ4n) is 4.25. The third kappa shape index (κ3) is 4.30. The van der Waals surface area contributed by atoms with Gasteiger partial charge in [0.05, 0.1) is 11.1 Å². The Morgan fingerprint density at radius 3 is 2.00 bits per heavy atom. The zero-order valence-corrected chi connectivity index (χ0v) is 19.9. The predicted octanol–water partition coefficient (Wildman–Crippen LogP) is 8.84. The third-order valence-corrected chi connectivity index (χ3v) is 8.40. The Labute approximate surface area is 203 Å². The molecule has 5 aromatic rings. The summed E-state index contributed by atoms with van der Waals surface area (Å²) in [5, 5.41) is 2.08. The van der Waals surface area contributed by atoms with Crippen molar-refractivity contribution in [3.8, 4) is 4.90 Å². The SMILES string of the molecule is CC(C)(OC(=O)c1ccc2c(c1)c1ccccc1[s+]2-c1ccccc1)c1ccc(C(F)(F)F)cc1. The monoisotopic (exact) mass is 491 g/mol. The van der Waals surface area contributed by atoms with E-state index in [0.717, 1.165) is 27.6 Å². The van der Waals surface area contributed by atoms with E-state index in [1.807, 2.05) is 42.5 Å². The van der Waals surface area contributed by atoms with Gasteiger partial charge in [-0.3, -0.25) is 0 Å². The van der Waals surface area contributed by atoms with Crippen molar-refractivity contribution in [3.05, 3.63) is 114 Å². The van der Waals surface area contributed by atoms with Crippen molar-refractivity contribution in [1.82, 2.24) is 0 Å². The molecule has 0 fully saturated rings. The van der Waals surface area contributed by atoms with E-state index in [1.165, 1.54) is 21.7 Å². The molecule has 0 amide bonds. The number of alkyl halides is 3. The minimum absolute atomic E-state index is 0.264. The molecule has 0 aliphatic carbocycles. The first-order chi connectivity index (χ1) is 16.6. The molecule has 2 nitrogen and oxygen atoms in total. The zero-order chi connectivity index (χ0) is 24.8. The highest BCUT2D eigenvalue weighted by Crippen LogP contribution is 2.48. The lowest BCUT2D eigenvalue weighted by atomic mass is 9.96. The van der Waals surface area contributed by atoms with Crippen molar-refractivity contribution < 1.29 is 22.7 Å². The fraction of sp³-hybridized carbons (Fsp3) is 0.138. The van der Waals surface area contributed by atoms with Crippen LogP contribution in [0.4, 0.5) is 13.2 Å². The predicted molar refractivity (Wildman–Crippen MR) is 135 cm³/mol. The van der Waals surface area contributed by atoms with Crippen LogP contribution < -0.4 is 0 Å². The number of hydrogen-bond donors (Lipinski definition) is 0. The Bertz CT molecular complexity index is 1530. The molecular formula is C29H22F3O2S+. The minimum atomic E-state index is -4.42. The fourth-order valence-corrected chi connectivity index (χ4v) is 6.63. The van der Waals surface area contributed by atoms with Gasteiger partial charge in [-0.15, -0.1) is 0 Å². The molecule has 0 aliphatic heterocycles. The topological polar surface area (TPSA) is 26.3 Å². The van der Waals surface area contributed by atoms with E-state index < -0.39 is 23.3 Å². The van der Waals surface area contributed by atoms with Crippen LogP contribution in [0.1, 0.15) is 35.3 Å². The van der Waals surface area contributed by atoms with Gasteiger partial charge >= 0.3 is 12.1 Å². The van der Waals surface area contributed by atoms with Crippen molar-refractivity contribution in [3.63, 3.8) is 0 Å². The van der Waals surface area contributed by atoms with E-state index in [4.69, 9.17) is 4.74 Å². The van der Waals surface area contributed by atoms with Gasteiger partial charge < -0.3 is 4.74 Å². The first-order valence-electron chi connectivity index (χ1n) is 11.1. The second kappa shape index (κ2) is 8.54. The summed E-state index contributed by atoms with van der Waals surface area (Å²) < 4.78 is 46.9. The number of carbonyl (C=O) groups excluding carboxylic acids is 1. The molecule has 35 heavy (non-hydrogen) atoms. The first-order valence-corrected chi connectivity index (χ1v) is 12.3. The van der Waals surface area contributed by atoms with Crippen LogP contribution in [-0.2, 0) is 16.5 Å². The second-order valence-corrected chi connectivity index (χ2v) is 10.8. The number of fused-ring (bicyclic) bond motifs is 3. The number of ether oxygens (including phenoxy) is 1. The smallest absolute Gasteiger partial charge is 0.416 e. The molecule has 1 unspecified atom stereocenters. The number of hydrogen-bond acceptors (Lipinski definition) is 2. The molecule has 1 atom stereocenters. The summed E-state index contributed by atoms with van der Waals surface area (Å²) in [7, 11) is -0.264. The third-order valence-electron chi connectivity index (χ3n) is 6.07. The number of benzene rings is 4. The van der Waals surface area contributed by atoms with E-state index in [-0.39, 0.29) is 10.5 Å². The molecule has 0 N–H and O–H groups in total. The molecule has 1 heterocycles. The summed E-state index contributed by atoms with van der Waals surface area (Å²) in [4.78, 5) is 14.3. The molecule has 0 radical (unpaired) electrons. The Hall–Kier alpha value is -3.64. The highest BCUT2D eigenvalue weighted by atomic mass is 32.2. The number of rotatable bonds is 4. The van der Waals surface area contributed by atoms with E-state index in [0.29, 0.717) is 11.1 Å². The molecule has 176 valence electrons. The van der Waals surface area contributed by atoms with Crippen LogP contribution in [0.3, 0.4) is 0 Å². The quantitative estimate of drug-likeness (QED) is 0.185. The maximum absolute atomic E-state index is 13.1. The zero-order valence-electron chi connectivity index (χ0n) is 19.1. The summed E-state index contributed by atoms with van der Waals surface area (Å²) in [5.74, 6) is -0.526. The lowest BCUT2D eigenvalue weighted by molar-refractivity contribution is -0.137. The average Bonchev–Trinajstić information content (AvgIpc) is 3.17. The summed E-state index contributed by atoms with van der Waals surface area (Å²) in [5.41, 5.74) is -0.964. The molecule has 4 aromatic carbocycles. The average molecular weight is 492 g/mol. The van der Waals surface area contributed by atoms with Gasteiger partial charge in [0.1, 0.15) is 5.60 Å². The molecule has 0 saturated heterocycles. The highest BCUT2D eigenvalue weighted by molar-refractivity contribution is 7.50. The molecule has 5 rings (SSSR count). The van der Waals surface area contributed by atoms with Gasteiger partial charge in [0.2, 0.25) is 0 Å². The standard InChI is InChI=1S/C29H22F3O2S/c1-28(2,20-13-15-21(16-14-20)29(30,31)32)34-27(33)19-12-17-26-24(18-19)23-10-6-7-11-25(23)35(26)22-8-4-3-5-9-22/h3-18H,1-2H3/q+1. The normalized spacial score (nSPS) is 12.8. The number of thiophene rings is 1. The summed E-state index contributed by atoms with van der Waals surface area (Å²) >= 11 is 0. The molecule has 6 heteroatoms. The maximum atomic E-state index is 13.1. The number of esters is 1. The van der Waals surface area contributed by atoms with Crippen molar-refractivity contribution in [2.45, 2.75) is 25.6 Å². The lowest BCUT2D eigenvalue weighted by Crippen LogP contribution is -2.25. The molecule has 0 saturated carbocycles. The Morgan fingerprint density at radius 2 is 1.31 bits per heavy atom. The van der Waals surface area contributed by atoms with E-state index >= 15 is 0 Å². The van der Waals surface area contributed by atoms with Crippen molar-refractivity contribution in [1.29, 1.82) is 0 Å². The molecule has 1 aromatic heterocycles. The van der Waals surface area contributed by atoms with Gasteiger partial charge in [-0.2, -0.15) is 13.2 Å². The largest absolute Gasteiger partial charge is 0.451 e. The van der Waals surface area contributed by atoms with Crippen molar-refractivity contribution in [2.75, 3.05) is 0 Å². The van der Waals surface area contributed by atoms with Crippen LogP contribution in [0.25, 0.3) is 25.1 Å². The van der Waals surface area contributed by atoms with Gasteiger partial charge in [-0.25, -0.2) is 4.79 Å². The maximum Gasteiger partial charge on any atom is 0.416 e. The summed E-state index contributed by atoms with van der Waals surface area (Å²) in [6.07, 6.45) is -4.42. The van der Waals surface area contributed by atoms with Gasteiger partial charge in [-0.05, 0) is 74.0 Å². The highest BCUT2D eigenvalue weighted by Gasteiger charge is 2.32. The van der Waals surface area contributed by atoms with Gasteiger partial charge in [0.25, 0.3) is 0 Å². The molecule has 0 spiro atoms. The van der Waals surface area contributed by atoms with Crippen molar-refractivity contribution in [2.24, 2.45) is 0 Å². The van der Waals surface area contributed by atoms with Crippen LogP contribution >= 0.6 is 10.5 Å². The van der Waals surface area contributed by atoms with Gasteiger partial charge in [-0.1, -0.05) is 42.5 Å². The summed E-state index contributed by atoms with van der Waals surface area (Å²) in [6, 6.07) is 28.8. The Morgan fingerprint density at radius 1 is 0.714 bits per heavy atom. The van der Waals surface area contributed by atoms with Crippen LogP contribution in [0.2, 0.25) is 0 Å². The van der Waals surface area contributed by atoms with Crippen LogP contribution in [0.5, 0.6) is 0 Å². The Kier molecular flexibility index (Phi) is 5.64. The minimum Gasteiger partial charge on any atom is -0.451 e. The van der Waals surface area contributed by atoms with Gasteiger partial charge in [0.15, 0.2) is 14.3 Å². The van der Waals surface area contributed by atoms with E-state index in [9.17, 15) is 18.0 Å². The molecular weight excluding hydrogens is 469 g/mol. The lowest BCUT2D eigenvalue weighted by Gasteiger charge is -2.26. The Balaban J connectivity index is 1.51. The van der Waals surface area contributed by atoms with Gasteiger partial charge in [0, 0.05) is 21.2 Å². The van der Waals surface area contributed by atoms with E-state index in [1.54, 1.807) is 19.9 Å². The second-order valence-electron chi connectivity index (χ2n) is 8.80. The molecule has 0 bridgehead atoms. The van der Waals surface area contributed by atoms with E-state index in [2.05, 4.69) is 24.3 Å². The summed E-state index contributed by atoms with van der Waals surface area (Å²) in [6.45, 7) is 3.34. The molecule has 0 aliphatic rings. The first kappa shape index (κ1) is 23.1. The number of halogens is 3. The van der Waals surface area contributed by atoms with Crippen LogP contribution in [-0.4, -0.2) is 5.97 Å². The number of carbonyl (C=O) groups is 1. The van der Waals surface area contributed by atoms with Crippen molar-refractivity contribution >= 4 is 36.6 Å². The van der Waals surface area contributed by atoms with Crippen LogP contribution in [0, 0.1) is 0 Å².